The zero-order valence-corrected chi connectivity index (χ0v) is 11.7. The van der Waals surface area contributed by atoms with Gasteiger partial charge in [-0.2, -0.15) is 0 Å². The molecule has 1 atom stereocenters. The molecule has 0 radical (unpaired) electrons. The van der Waals surface area contributed by atoms with Crippen LogP contribution in [-0.2, 0) is 11.2 Å². The van der Waals surface area contributed by atoms with Crippen molar-refractivity contribution in [1.82, 2.24) is 0 Å². The van der Waals surface area contributed by atoms with Gasteiger partial charge < -0.3 is 4.90 Å². The summed E-state index contributed by atoms with van der Waals surface area (Å²) < 4.78 is 13.3. The van der Waals surface area contributed by atoms with Crippen molar-refractivity contribution in [1.29, 1.82) is 0 Å². The molecule has 0 N–H and O–H groups in total. The zero-order chi connectivity index (χ0) is 14.3. The summed E-state index contributed by atoms with van der Waals surface area (Å²) in [6.07, 6.45) is 0.395. The Balaban J connectivity index is 1.96. The van der Waals surface area contributed by atoms with E-state index in [1.54, 1.807) is 24.1 Å². The summed E-state index contributed by atoms with van der Waals surface area (Å²) in [6, 6.07) is 12.0. The highest BCUT2D eigenvalue weighted by Gasteiger charge is 2.25. The summed E-state index contributed by atoms with van der Waals surface area (Å²) in [7, 11) is 1.76. The van der Waals surface area contributed by atoms with E-state index in [4.69, 9.17) is 11.6 Å². The number of amides is 1. The number of fused-ring (bicyclic) bond motifs is 1. The molecule has 0 fully saturated rings. The van der Waals surface area contributed by atoms with Gasteiger partial charge in [0.2, 0.25) is 5.91 Å². The van der Waals surface area contributed by atoms with Crippen molar-refractivity contribution in [2.45, 2.75) is 11.8 Å². The minimum absolute atomic E-state index is 0.0778. The molecule has 102 valence electrons. The minimum atomic E-state index is -0.419. The van der Waals surface area contributed by atoms with Gasteiger partial charge in [-0.25, -0.2) is 4.39 Å². The van der Waals surface area contributed by atoms with Gasteiger partial charge in [0.25, 0.3) is 0 Å². The Morgan fingerprint density at radius 2 is 1.95 bits per heavy atom. The summed E-state index contributed by atoms with van der Waals surface area (Å²) in [4.78, 5) is 13.3. The predicted octanol–water partition coefficient (Wildman–Crippen LogP) is 3.67. The van der Waals surface area contributed by atoms with Gasteiger partial charge in [0, 0.05) is 12.7 Å². The second-order valence-electron chi connectivity index (χ2n) is 4.94. The van der Waals surface area contributed by atoms with Crippen molar-refractivity contribution in [2.24, 2.45) is 0 Å². The van der Waals surface area contributed by atoms with Crippen LogP contribution in [0, 0.1) is 5.82 Å². The molecule has 3 rings (SSSR count). The highest BCUT2D eigenvalue weighted by atomic mass is 35.5. The van der Waals surface area contributed by atoms with Crippen LogP contribution in [0.3, 0.4) is 0 Å². The van der Waals surface area contributed by atoms with Crippen molar-refractivity contribution in [3.8, 4) is 0 Å². The molecule has 0 aliphatic carbocycles. The van der Waals surface area contributed by atoms with E-state index in [0.29, 0.717) is 12.0 Å². The van der Waals surface area contributed by atoms with Crippen molar-refractivity contribution >= 4 is 23.2 Å². The van der Waals surface area contributed by atoms with Gasteiger partial charge in [0.1, 0.15) is 5.82 Å². The first kappa shape index (κ1) is 13.1. The van der Waals surface area contributed by atoms with Gasteiger partial charge in [-0.1, -0.05) is 24.3 Å². The molecule has 4 heteroatoms. The first-order chi connectivity index (χ1) is 9.56. The van der Waals surface area contributed by atoms with Crippen molar-refractivity contribution in [3.05, 3.63) is 65.0 Å². The maximum Gasteiger partial charge on any atom is 0.231 e. The van der Waals surface area contributed by atoms with Gasteiger partial charge in [-0.3, -0.25) is 4.79 Å². The van der Waals surface area contributed by atoms with Crippen LogP contribution >= 0.6 is 11.6 Å². The number of rotatable bonds is 2. The molecule has 0 spiro atoms. The van der Waals surface area contributed by atoms with Crippen LogP contribution in [0.1, 0.15) is 22.1 Å². The Morgan fingerprint density at radius 1 is 1.20 bits per heavy atom. The lowest BCUT2D eigenvalue weighted by Gasteiger charge is -2.14. The van der Waals surface area contributed by atoms with E-state index in [0.717, 1.165) is 16.8 Å². The van der Waals surface area contributed by atoms with Crippen LogP contribution in [0.4, 0.5) is 10.1 Å². The van der Waals surface area contributed by atoms with Gasteiger partial charge >= 0.3 is 0 Å². The SMILES string of the molecule is CN1C(=O)Cc2cc(C(Cl)c3cccc(F)c3)ccc21. The van der Waals surface area contributed by atoms with E-state index in [1.165, 1.54) is 12.1 Å². The topological polar surface area (TPSA) is 20.3 Å². The van der Waals surface area contributed by atoms with E-state index in [2.05, 4.69) is 0 Å². The predicted molar refractivity (Wildman–Crippen MR) is 77.7 cm³/mol. The van der Waals surface area contributed by atoms with E-state index < -0.39 is 5.38 Å². The van der Waals surface area contributed by atoms with E-state index in [9.17, 15) is 9.18 Å². The zero-order valence-electron chi connectivity index (χ0n) is 10.9. The maximum absolute atomic E-state index is 13.3. The van der Waals surface area contributed by atoms with Gasteiger partial charge in [-0.05, 0) is 34.9 Å². The van der Waals surface area contributed by atoms with Crippen molar-refractivity contribution in [2.75, 3.05) is 11.9 Å². The number of carbonyl (C=O) groups excluding carboxylic acids is 1. The second-order valence-corrected chi connectivity index (χ2v) is 5.37. The fourth-order valence-electron chi connectivity index (χ4n) is 2.50. The smallest absolute Gasteiger partial charge is 0.231 e. The Morgan fingerprint density at radius 3 is 2.70 bits per heavy atom. The number of benzene rings is 2. The Labute approximate surface area is 121 Å². The molecular formula is C16H13ClFNO. The Bertz CT molecular complexity index is 686. The van der Waals surface area contributed by atoms with Crippen LogP contribution in [-0.4, -0.2) is 13.0 Å². The summed E-state index contributed by atoms with van der Waals surface area (Å²) in [5, 5.41) is -0.419. The molecule has 0 saturated carbocycles. The molecule has 0 aromatic heterocycles. The molecule has 0 saturated heterocycles. The van der Waals surface area contributed by atoms with Crippen LogP contribution in [0.25, 0.3) is 0 Å². The average molecular weight is 290 g/mol. The van der Waals surface area contributed by atoms with E-state index in [-0.39, 0.29) is 11.7 Å². The molecule has 0 bridgehead atoms. The molecule has 1 unspecified atom stereocenters. The molecular weight excluding hydrogens is 277 g/mol. The molecule has 1 aliphatic rings. The number of alkyl halides is 1. The minimum Gasteiger partial charge on any atom is -0.315 e. The van der Waals surface area contributed by atoms with Crippen LogP contribution in [0.2, 0.25) is 0 Å². The van der Waals surface area contributed by atoms with Gasteiger partial charge in [0.05, 0.1) is 11.8 Å². The number of likely N-dealkylation sites (N-methyl/N-ethyl adjacent to an activating group) is 1. The molecule has 20 heavy (non-hydrogen) atoms. The third-order valence-corrected chi connectivity index (χ3v) is 4.12. The van der Waals surface area contributed by atoms with E-state index >= 15 is 0 Å². The summed E-state index contributed by atoms with van der Waals surface area (Å²) in [6.45, 7) is 0. The Hall–Kier alpha value is -1.87. The van der Waals surface area contributed by atoms with Crippen LogP contribution in [0.5, 0.6) is 0 Å². The standard InChI is InChI=1S/C16H13ClFNO/c1-19-14-6-5-11(7-12(14)9-15(19)20)16(17)10-3-2-4-13(18)8-10/h2-8,16H,9H2,1H3. The highest BCUT2D eigenvalue weighted by Crippen LogP contribution is 2.34. The lowest BCUT2D eigenvalue weighted by Crippen LogP contribution is -2.20. The number of anilines is 1. The van der Waals surface area contributed by atoms with Crippen LogP contribution < -0.4 is 4.90 Å². The van der Waals surface area contributed by atoms with Gasteiger partial charge in [0.15, 0.2) is 0 Å². The quantitative estimate of drug-likeness (QED) is 0.773. The number of hydrogen-bond acceptors (Lipinski definition) is 1. The number of halogens is 2. The molecule has 2 nitrogen and oxygen atoms in total. The maximum atomic E-state index is 13.3. The first-order valence-corrected chi connectivity index (χ1v) is 6.79. The number of hydrogen-bond donors (Lipinski definition) is 0. The largest absolute Gasteiger partial charge is 0.315 e. The average Bonchev–Trinajstić information content (AvgIpc) is 2.73. The van der Waals surface area contributed by atoms with Crippen molar-refractivity contribution < 1.29 is 9.18 Å². The normalized spacial score (nSPS) is 15.3. The third-order valence-electron chi connectivity index (χ3n) is 3.61. The number of carbonyl (C=O) groups is 1. The molecule has 2 aromatic carbocycles. The lowest BCUT2D eigenvalue weighted by atomic mass is 10.0. The first-order valence-electron chi connectivity index (χ1n) is 6.35. The van der Waals surface area contributed by atoms with Crippen molar-refractivity contribution in [3.63, 3.8) is 0 Å². The molecule has 1 aliphatic heterocycles. The second kappa shape index (κ2) is 4.91. The third kappa shape index (κ3) is 2.18. The molecule has 1 heterocycles. The van der Waals surface area contributed by atoms with Gasteiger partial charge in [-0.15, -0.1) is 11.6 Å². The lowest BCUT2D eigenvalue weighted by molar-refractivity contribution is -0.117. The summed E-state index contributed by atoms with van der Waals surface area (Å²) >= 11 is 6.41. The summed E-state index contributed by atoms with van der Waals surface area (Å²) in [5.74, 6) is -0.224. The fourth-order valence-corrected chi connectivity index (χ4v) is 2.78. The van der Waals surface area contributed by atoms with Crippen LogP contribution in [0.15, 0.2) is 42.5 Å². The Kier molecular flexibility index (Phi) is 3.22. The highest BCUT2D eigenvalue weighted by molar-refractivity contribution is 6.22. The van der Waals surface area contributed by atoms with E-state index in [1.807, 2.05) is 18.2 Å². The monoisotopic (exact) mass is 289 g/mol. The molecule has 1 amide bonds. The number of nitrogens with zero attached hydrogens (tertiary/aromatic N) is 1. The summed E-state index contributed by atoms with van der Waals surface area (Å²) in [5.41, 5.74) is 3.47. The fraction of sp³-hybridized carbons (Fsp3) is 0.188. The molecule has 2 aromatic rings.